The molecule has 0 radical (unpaired) electrons. The maximum Gasteiger partial charge on any atom is 0.389 e. The summed E-state index contributed by atoms with van der Waals surface area (Å²) in [4.78, 5) is 0.734. The zero-order chi connectivity index (χ0) is 14.5. The number of rotatable bonds is 7. The van der Waals surface area contributed by atoms with Crippen LogP contribution < -0.4 is 10.5 Å². The van der Waals surface area contributed by atoms with Crippen LogP contribution in [0.15, 0.2) is 16.3 Å². The van der Waals surface area contributed by atoms with Gasteiger partial charge in [-0.2, -0.15) is 13.2 Å². The van der Waals surface area contributed by atoms with Crippen molar-refractivity contribution in [3.8, 4) is 0 Å². The summed E-state index contributed by atoms with van der Waals surface area (Å²) >= 11 is 1.05. The number of alkyl halides is 3. The van der Waals surface area contributed by atoms with Crippen LogP contribution in [-0.2, 0) is 16.6 Å². The van der Waals surface area contributed by atoms with Crippen molar-refractivity contribution in [1.82, 2.24) is 4.72 Å². The van der Waals surface area contributed by atoms with E-state index >= 15 is 0 Å². The smallest absolute Gasteiger partial charge is 0.326 e. The first-order valence-electron chi connectivity index (χ1n) is 5.60. The van der Waals surface area contributed by atoms with E-state index < -0.39 is 22.6 Å². The van der Waals surface area contributed by atoms with Crippen molar-refractivity contribution in [3.63, 3.8) is 0 Å². The summed E-state index contributed by atoms with van der Waals surface area (Å²) in [7, 11) is -3.63. The average molecular weight is 316 g/mol. The number of nitrogens with two attached hydrogens (primary N) is 1. The van der Waals surface area contributed by atoms with E-state index in [-0.39, 0.29) is 30.1 Å². The Morgan fingerprint density at radius 1 is 1.26 bits per heavy atom. The van der Waals surface area contributed by atoms with E-state index in [4.69, 9.17) is 5.73 Å². The molecule has 9 heteroatoms. The van der Waals surface area contributed by atoms with Gasteiger partial charge in [0.25, 0.3) is 0 Å². The second kappa shape index (κ2) is 6.69. The van der Waals surface area contributed by atoms with Crippen molar-refractivity contribution >= 4 is 21.4 Å². The number of thiophene rings is 1. The summed E-state index contributed by atoms with van der Waals surface area (Å²) in [6.07, 6.45) is -5.04. The Labute approximate surface area is 113 Å². The highest BCUT2D eigenvalue weighted by Crippen LogP contribution is 2.23. The Kier molecular flexibility index (Phi) is 5.78. The summed E-state index contributed by atoms with van der Waals surface area (Å²) in [6.45, 7) is 0.250. The Morgan fingerprint density at radius 2 is 1.95 bits per heavy atom. The van der Waals surface area contributed by atoms with Crippen molar-refractivity contribution in [2.24, 2.45) is 5.73 Å². The lowest BCUT2D eigenvalue weighted by Crippen LogP contribution is -2.24. The van der Waals surface area contributed by atoms with E-state index in [2.05, 4.69) is 4.72 Å². The molecule has 0 bridgehead atoms. The number of sulfonamides is 1. The van der Waals surface area contributed by atoms with Gasteiger partial charge >= 0.3 is 6.18 Å². The van der Waals surface area contributed by atoms with Crippen LogP contribution in [0.5, 0.6) is 0 Å². The molecule has 1 rings (SSSR count). The molecule has 3 N–H and O–H groups in total. The molecule has 1 aromatic heterocycles. The van der Waals surface area contributed by atoms with Gasteiger partial charge in [0, 0.05) is 24.4 Å². The zero-order valence-electron chi connectivity index (χ0n) is 10.0. The molecule has 0 aliphatic carbocycles. The first kappa shape index (κ1) is 16.4. The van der Waals surface area contributed by atoms with E-state index in [1.54, 1.807) is 6.07 Å². The van der Waals surface area contributed by atoms with Crippen molar-refractivity contribution in [2.75, 3.05) is 6.54 Å². The van der Waals surface area contributed by atoms with Crippen LogP contribution in [0.3, 0.4) is 0 Å². The summed E-state index contributed by atoms with van der Waals surface area (Å²) in [5.74, 6) is 0. The van der Waals surface area contributed by atoms with E-state index in [1.165, 1.54) is 6.07 Å². The molecule has 0 saturated heterocycles. The summed E-state index contributed by atoms with van der Waals surface area (Å²) in [6, 6.07) is 3.05. The standard InChI is InChI=1S/C10H15F3N2O2S2/c11-10(12,13)5-1-2-6-15-19(16,17)9-4-3-8(7-14)18-9/h3-4,15H,1-2,5-7,14H2. The highest BCUT2D eigenvalue weighted by atomic mass is 32.2. The van der Waals surface area contributed by atoms with Crippen LogP contribution in [0.25, 0.3) is 0 Å². The Morgan fingerprint density at radius 3 is 2.47 bits per heavy atom. The van der Waals surface area contributed by atoms with Gasteiger partial charge in [-0.3, -0.25) is 0 Å². The van der Waals surface area contributed by atoms with Gasteiger partial charge in [0.2, 0.25) is 10.0 Å². The van der Waals surface area contributed by atoms with E-state index in [1.807, 2.05) is 0 Å². The molecule has 0 unspecified atom stereocenters. The molecule has 0 spiro atoms. The first-order chi connectivity index (χ1) is 8.74. The van der Waals surface area contributed by atoms with Crippen LogP contribution in [-0.4, -0.2) is 21.1 Å². The molecular weight excluding hydrogens is 301 g/mol. The average Bonchev–Trinajstić information content (AvgIpc) is 2.76. The zero-order valence-corrected chi connectivity index (χ0v) is 11.7. The van der Waals surface area contributed by atoms with Gasteiger partial charge in [0.15, 0.2) is 0 Å². The normalized spacial score (nSPS) is 12.8. The largest absolute Gasteiger partial charge is 0.389 e. The van der Waals surface area contributed by atoms with Crippen LogP contribution in [0, 0.1) is 0 Å². The molecule has 1 aromatic rings. The quantitative estimate of drug-likeness (QED) is 0.758. The van der Waals surface area contributed by atoms with Gasteiger partial charge in [-0.1, -0.05) is 0 Å². The van der Waals surface area contributed by atoms with Crippen molar-refractivity contribution in [3.05, 3.63) is 17.0 Å². The van der Waals surface area contributed by atoms with E-state index in [0.717, 1.165) is 16.2 Å². The van der Waals surface area contributed by atoms with Crippen LogP contribution in [0.1, 0.15) is 24.1 Å². The van der Waals surface area contributed by atoms with Gasteiger partial charge in [-0.15, -0.1) is 11.3 Å². The maximum absolute atomic E-state index is 11.9. The fraction of sp³-hybridized carbons (Fsp3) is 0.600. The first-order valence-corrected chi connectivity index (χ1v) is 7.90. The highest BCUT2D eigenvalue weighted by Gasteiger charge is 2.26. The molecule has 0 saturated carbocycles. The van der Waals surface area contributed by atoms with E-state index in [0.29, 0.717) is 0 Å². The fourth-order valence-electron chi connectivity index (χ4n) is 1.34. The van der Waals surface area contributed by atoms with Crippen LogP contribution >= 0.6 is 11.3 Å². The van der Waals surface area contributed by atoms with E-state index in [9.17, 15) is 21.6 Å². The van der Waals surface area contributed by atoms with Gasteiger partial charge in [-0.05, 0) is 25.0 Å². The topological polar surface area (TPSA) is 72.2 Å². The molecular formula is C10H15F3N2O2S2. The predicted octanol–water partition coefficient (Wildman–Crippen LogP) is 2.22. The molecule has 0 amide bonds. The van der Waals surface area contributed by atoms with Crippen molar-refractivity contribution in [2.45, 2.75) is 36.2 Å². The Balaban J connectivity index is 2.39. The van der Waals surface area contributed by atoms with Crippen LogP contribution in [0.4, 0.5) is 13.2 Å². The fourth-order valence-corrected chi connectivity index (χ4v) is 3.69. The Bertz CT molecular complexity index is 497. The Hall–Kier alpha value is -0.640. The highest BCUT2D eigenvalue weighted by molar-refractivity contribution is 7.91. The van der Waals surface area contributed by atoms with Crippen LogP contribution in [0.2, 0.25) is 0 Å². The summed E-state index contributed by atoms with van der Waals surface area (Å²) < 4.78 is 61.5. The van der Waals surface area contributed by atoms with Gasteiger partial charge in [-0.25, -0.2) is 13.1 Å². The molecule has 19 heavy (non-hydrogen) atoms. The van der Waals surface area contributed by atoms with Crippen molar-refractivity contribution in [1.29, 1.82) is 0 Å². The van der Waals surface area contributed by atoms with Gasteiger partial charge < -0.3 is 5.73 Å². The van der Waals surface area contributed by atoms with Gasteiger partial charge in [0.1, 0.15) is 4.21 Å². The molecule has 1 heterocycles. The third-order valence-electron chi connectivity index (χ3n) is 2.28. The maximum atomic E-state index is 11.9. The molecule has 110 valence electrons. The minimum atomic E-state index is -4.19. The lowest BCUT2D eigenvalue weighted by molar-refractivity contribution is -0.135. The predicted molar refractivity (Wildman–Crippen MR) is 67.3 cm³/mol. The number of unbranched alkanes of at least 4 members (excludes halogenated alkanes) is 1. The molecule has 0 aliphatic rings. The molecule has 0 aliphatic heterocycles. The molecule has 4 nitrogen and oxygen atoms in total. The second-order valence-corrected chi connectivity index (χ2v) is 7.06. The van der Waals surface area contributed by atoms with Crippen molar-refractivity contribution < 1.29 is 21.6 Å². The molecule has 0 fully saturated rings. The summed E-state index contributed by atoms with van der Waals surface area (Å²) in [5, 5.41) is 0. The monoisotopic (exact) mass is 316 g/mol. The number of nitrogens with one attached hydrogen (secondary N) is 1. The minimum absolute atomic E-state index is 0.00568. The number of hydrogen-bond acceptors (Lipinski definition) is 4. The SMILES string of the molecule is NCc1ccc(S(=O)(=O)NCCCCC(F)(F)F)s1. The number of halogens is 3. The number of hydrogen-bond donors (Lipinski definition) is 2. The minimum Gasteiger partial charge on any atom is -0.326 e. The molecule has 0 aromatic carbocycles. The molecule has 0 atom stereocenters. The lowest BCUT2D eigenvalue weighted by atomic mass is 10.2. The van der Waals surface area contributed by atoms with Gasteiger partial charge in [0.05, 0.1) is 0 Å². The lowest BCUT2D eigenvalue weighted by Gasteiger charge is -2.06. The summed E-state index contributed by atoms with van der Waals surface area (Å²) in [5.41, 5.74) is 5.38. The third-order valence-corrected chi connectivity index (χ3v) is 5.34. The second-order valence-electron chi connectivity index (χ2n) is 3.89. The third kappa shape index (κ3) is 5.89.